The first-order chi connectivity index (χ1) is 10.8. The molecule has 0 atom stereocenters. The Labute approximate surface area is 160 Å². The minimum absolute atomic E-state index is 0. The lowest BCUT2D eigenvalue weighted by molar-refractivity contribution is 0.0389. The maximum atomic E-state index is 5.35. The first-order valence-electron chi connectivity index (χ1n) is 7.93. The van der Waals surface area contributed by atoms with E-state index in [2.05, 4.69) is 30.9 Å². The number of thiazole rings is 1. The second kappa shape index (κ2) is 12.0. The van der Waals surface area contributed by atoms with Gasteiger partial charge in [0.1, 0.15) is 0 Å². The number of morpholine rings is 1. The second-order valence-electron chi connectivity index (χ2n) is 5.37. The molecule has 1 aliphatic rings. The van der Waals surface area contributed by atoms with E-state index < -0.39 is 0 Å². The number of aromatic nitrogens is 1. The molecule has 1 aromatic rings. The highest BCUT2D eigenvalue weighted by molar-refractivity contribution is 14.0. The van der Waals surface area contributed by atoms with E-state index in [0.29, 0.717) is 0 Å². The lowest BCUT2D eigenvalue weighted by Crippen LogP contribution is -2.44. The number of nitrogens with one attached hydrogen (secondary N) is 2. The molecule has 0 saturated carbocycles. The van der Waals surface area contributed by atoms with Crippen molar-refractivity contribution in [2.75, 3.05) is 53.0 Å². The Balaban J connectivity index is 0.00000264. The van der Waals surface area contributed by atoms with Crippen LogP contribution in [0, 0.1) is 6.92 Å². The zero-order valence-electron chi connectivity index (χ0n) is 14.0. The third-order valence-corrected chi connectivity index (χ3v) is 4.60. The predicted octanol–water partition coefficient (Wildman–Crippen LogP) is 1.50. The minimum Gasteiger partial charge on any atom is -0.379 e. The Morgan fingerprint density at radius 2 is 2.09 bits per heavy atom. The summed E-state index contributed by atoms with van der Waals surface area (Å²) in [5.41, 5.74) is 1.12. The fourth-order valence-corrected chi connectivity index (χ4v) is 3.16. The molecular formula is C15H28IN5OS. The van der Waals surface area contributed by atoms with Gasteiger partial charge in [0.05, 0.1) is 18.2 Å². The molecule has 1 saturated heterocycles. The van der Waals surface area contributed by atoms with Gasteiger partial charge in [-0.15, -0.1) is 35.3 Å². The minimum atomic E-state index is 0. The van der Waals surface area contributed by atoms with Gasteiger partial charge in [-0.3, -0.25) is 9.89 Å². The van der Waals surface area contributed by atoms with Crippen molar-refractivity contribution in [3.63, 3.8) is 0 Å². The van der Waals surface area contributed by atoms with E-state index in [0.717, 1.165) is 70.4 Å². The molecule has 0 aliphatic carbocycles. The third kappa shape index (κ3) is 8.27. The molecule has 2 N–H and O–H groups in total. The second-order valence-corrected chi connectivity index (χ2v) is 6.31. The molecule has 6 nitrogen and oxygen atoms in total. The maximum absolute atomic E-state index is 5.35. The van der Waals surface area contributed by atoms with Crippen LogP contribution < -0.4 is 10.6 Å². The molecule has 2 rings (SSSR count). The van der Waals surface area contributed by atoms with Gasteiger partial charge in [0.15, 0.2) is 5.96 Å². The standard InChI is InChI=1S/C15H27N5OS.HI/c1-13-12-22-14(19-13)4-3-5-17-15(16-2)18-6-7-20-8-10-21-11-9-20;/h12H,3-11H2,1-2H3,(H2,16,17,18);1H. The summed E-state index contributed by atoms with van der Waals surface area (Å²) in [7, 11) is 1.81. The van der Waals surface area contributed by atoms with Crippen molar-refractivity contribution < 1.29 is 4.74 Å². The molecule has 0 amide bonds. The van der Waals surface area contributed by atoms with Gasteiger partial charge in [0, 0.05) is 57.3 Å². The van der Waals surface area contributed by atoms with Crippen molar-refractivity contribution in [1.29, 1.82) is 0 Å². The highest BCUT2D eigenvalue weighted by Crippen LogP contribution is 2.10. The van der Waals surface area contributed by atoms with E-state index in [-0.39, 0.29) is 24.0 Å². The molecule has 0 unspecified atom stereocenters. The number of ether oxygens (including phenoxy) is 1. The van der Waals surface area contributed by atoms with Crippen molar-refractivity contribution in [3.05, 3.63) is 16.1 Å². The zero-order valence-corrected chi connectivity index (χ0v) is 17.2. The van der Waals surface area contributed by atoms with Gasteiger partial charge in [0.25, 0.3) is 0 Å². The highest BCUT2D eigenvalue weighted by Gasteiger charge is 2.09. The summed E-state index contributed by atoms with van der Waals surface area (Å²) in [6.45, 7) is 8.65. The van der Waals surface area contributed by atoms with Crippen molar-refractivity contribution in [2.24, 2.45) is 4.99 Å². The Morgan fingerprint density at radius 1 is 1.35 bits per heavy atom. The Hall–Kier alpha value is -0.450. The molecular weight excluding hydrogens is 425 g/mol. The van der Waals surface area contributed by atoms with E-state index in [9.17, 15) is 0 Å². The number of hydrogen-bond acceptors (Lipinski definition) is 5. The monoisotopic (exact) mass is 453 g/mol. The number of aliphatic imine (C=N–C) groups is 1. The number of aryl methyl sites for hydroxylation is 2. The normalized spacial score (nSPS) is 16.0. The molecule has 132 valence electrons. The van der Waals surface area contributed by atoms with Crippen LogP contribution in [0.5, 0.6) is 0 Å². The van der Waals surface area contributed by atoms with E-state index in [1.165, 1.54) is 5.01 Å². The maximum Gasteiger partial charge on any atom is 0.191 e. The summed E-state index contributed by atoms with van der Waals surface area (Å²) in [4.78, 5) is 11.1. The summed E-state index contributed by atoms with van der Waals surface area (Å²) in [6.07, 6.45) is 2.09. The van der Waals surface area contributed by atoms with Crippen molar-refractivity contribution >= 4 is 41.3 Å². The first kappa shape index (κ1) is 20.6. The Bertz CT molecular complexity index is 462. The molecule has 1 aliphatic heterocycles. The van der Waals surface area contributed by atoms with Crippen LogP contribution in [0.25, 0.3) is 0 Å². The number of rotatable bonds is 7. The van der Waals surface area contributed by atoms with Crippen LogP contribution in [-0.2, 0) is 11.2 Å². The fraction of sp³-hybridized carbons (Fsp3) is 0.733. The van der Waals surface area contributed by atoms with Gasteiger partial charge in [-0.05, 0) is 13.3 Å². The van der Waals surface area contributed by atoms with E-state index in [4.69, 9.17) is 4.74 Å². The van der Waals surface area contributed by atoms with Gasteiger partial charge >= 0.3 is 0 Å². The molecule has 8 heteroatoms. The van der Waals surface area contributed by atoms with E-state index >= 15 is 0 Å². The topological polar surface area (TPSA) is 61.8 Å². The molecule has 0 bridgehead atoms. The highest BCUT2D eigenvalue weighted by atomic mass is 127. The van der Waals surface area contributed by atoms with Crippen molar-refractivity contribution in [3.8, 4) is 0 Å². The Morgan fingerprint density at radius 3 is 2.74 bits per heavy atom. The largest absolute Gasteiger partial charge is 0.379 e. The number of hydrogen-bond donors (Lipinski definition) is 2. The fourth-order valence-electron chi connectivity index (χ4n) is 2.34. The van der Waals surface area contributed by atoms with Gasteiger partial charge in [-0.1, -0.05) is 0 Å². The summed E-state index contributed by atoms with van der Waals surface area (Å²) < 4.78 is 5.35. The summed E-state index contributed by atoms with van der Waals surface area (Å²) in [5.74, 6) is 0.878. The molecule has 0 aromatic carbocycles. The van der Waals surface area contributed by atoms with Crippen LogP contribution in [-0.4, -0.2) is 68.8 Å². The lowest BCUT2D eigenvalue weighted by atomic mass is 10.3. The molecule has 1 aromatic heterocycles. The zero-order chi connectivity index (χ0) is 15.6. The molecule has 0 radical (unpaired) electrons. The van der Waals surface area contributed by atoms with E-state index in [1.807, 2.05) is 14.0 Å². The molecule has 0 spiro atoms. The predicted molar refractivity (Wildman–Crippen MR) is 107 cm³/mol. The van der Waals surface area contributed by atoms with Gasteiger partial charge in [-0.2, -0.15) is 0 Å². The number of guanidine groups is 1. The summed E-state index contributed by atoms with van der Waals surface area (Å²) in [5, 5.41) is 10.0. The van der Waals surface area contributed by atoms with Crippen LogP contribution >= 0.6 is 35.3 Å². The summed E-state index contributed by atoms with van der Waals surface area (Å²) >= 11 is 1.74. The SMILES string of the molecule is CN=C(NCCCc1nc(C)cs1)NCCN1CCOCC1.I. The number of halogens is 1. The van der Waals surface area contributed by atoms with Crippen molar-refractivity contribution in [2.45, 2.75) is 19.8 Å². The smallest absolute Gasteiger partial charge is 0.191 e. The number of nitrogens with zero attached hydrogens (tertiary/aromatic N) is 3. The van der Waals surface area contributed by atoms with Crippen LogP contribution in [0.15, 0.2) is 10.4 Å². The molecule has 1 fully saturated rings. The lowest BCUT2D eigenvalue weighted by Gasteiger charge is -2.26. The average molecular weight is 453 g/mol. The van der Waals surface area contributed by atoms with Gasteiger partial charge in [0.2, 0.25) is 0 Å². The van der Waals surface area contributed by atoms with Gasteiger partial charge < -0.3 is 15.4 Å². The quantitative estimate of drug-likeness (QED) is 0.284. The van der Waals surface area contributed by atoms with E-state index in [1.54, 1.807) is 11.3 Å². The van der Waals surface area contributed by atoms with Gasteiger partial charge in [-0.25, -0.2) is 4.98 Å². The van der Waals surface area contributed by atoms with Crippen LogP contribution in [0.2, 0.25) is 0 Å². The summed E-state index contributed by atoms with van der Waals surface area (Å²) in [6, 6.07) is 0. The van der Waals surface area contributed by atoms with Crippen LogP contribution in [0.1, 0.15) is 17.1 Å². The molecule has 23 heavy (non-hydrogen) atoms. The average Bonchev–Trinajstić information content (AvgIpc) is 2.96. The van der Waals surface area contributed by atoms with Crippen LogP contribution in [0.3, 0.4) is 0 Å². The third-order valence-electron chi connectivity index (χ3n) is 3.57. The van der Waals surface area contributed by atoms with Crippen molar-refractivity contribution in [1.82, 2.24) is 20.5 Å². The Kier molecular flexibility index (Phi) is 10.7. The molecule has 2 heterocycles. The first-order valence-corrected chi connectivity index (χ1v) is 8.81. The van der Waals surface area contributed by atoms with Crippen LogP contribution in [0.4, 0.5) is 0 Å².